The molecule has 1 rings (SSSR count). The van der Waals surface area contributed by atoms with Crippen molar-refractivity contribution < 1.29 is 9.18 Å². The van der Waals surface area contributed by atoms with Crippen molar-refractivity contribution in [1.29, 1.82) is 0 Å². The van der Waals surface area contributed by atoms with E-state index in [1.807, 2.05) is 0 Å². The highest BCUT2D eigenvalue weighted by Gasteiger charge is 2.14. The number of carbonyl (C=O) groups is 1. The molecule has 0 fully saturated rings. The van der Waals surface area contributed by atoms with Crippen LogP contribution < -0.4 is 10.6 Å². The van der Waals surface area contributed by atoms with Gasteiger partial charge in [-0.2, -0.15) is 0 Å². The predicted molar refractivity (Wildman–Crippen MR) is 70.1 cm³/mol. The van der Waals surface area contributed by atoms with E-state index in [-0.39, 0.29) is 11.5 Å². The number of amides is 1. The standard InChI is InChI=1S/C13H20FN3O/c1-4-9(5-2)7-17-13(18)11-6-10(14)8-16-12(11)15-3/h6,8-9H,4-5,7H2,1-3H3,(H,15,16)(H,17,18). The minimum Gasteiger partial charge on any atom is -0.372 e. The Morgan fingerprint density at radius 1 is 1.44 bits per heavy atom. The van der Waals surface area contributed by atoms with Crippen molar-refractivity contribution in [2.45, 2.75) is 26.7 Å². The number of nitrogens with one attached hydrogen (secondary N) is 2. The first kappa shape index (κ1) is 14.4. The Hall–Kier alpha value is -1.65. The van der Waals surface area contributed by atoms with E-state index in [1.54, 1.807) is 7.05 Å². The lowest BCUT2D eigenvalue weighted by atomic mass is 10.0. The van der Waals surface area contributed by atoms with E-state index in [0.29, 0.717) is 18.3 Å². The minimum absolute atomic E-state index is 0.239. The molecule has 0 radical (unpaired) electrons. The molecule has 0 spiro atoms. The summed E-state index contributed by atoms with van der Waals surface area (Å²) in [4.78, 5) is 15.8. The van der Waals surface area contributed by atoms with Gasteiger partial charge in [0.05, 0.1) is 11.8 Å². The minimum atomic E-state index is -0.512. The Kier molecular flexibility index (Phi) is 5.55. The quantitative estimate of drug-likeness (QED) is 0.818. The van der Waals surface area contributed by atoms with Crippen molar-refractivity contribution in [1.82, 2.24) is 10.3 Å². The van der Waals surface area contributed by atoms with Crippen molar-refractivity contribution >= 4 is 11.7 Å². The number of rotatable bonds is 6. The maximum atomic E-state index is 13.1. The molecular weight excluding hydrogens is 233 g/mol. The molecule has 0 aliphatic carbocycles. The van der Waals surface area contributed by atoms with Gasteiger partial charge >= 0.3 is 0 Å². The summed E-state index contributed by atoms with van der Waals surface area (Å²) in [6.07, 6.45) is 3.11. The van der Waals surface area contributed by atoms with E-state index in [1.165, 1.54) is 6.07 Å². The van der Waals surface area contributed by atoms with Gasteiger partial charge < -0.3 is 10.6 Å². The molecule has 0 aromatic carbocycles. The number of anilines is 1. The van der Waals surface area contributed by atoms with Crippen molar-refractivity contribution in [3.05, 3.63) is 23.6 Å². The molecule has 0 saturated heterocycles. The monoisotopic (exact) mass is 253 g/mol. The Labute approximate surface area is 107 Å². The molecule has 100 valence electrons. The maximum Gasteiger partial charge on any atom is 0.255 e. The molecule has 5 heteroatoms. The topological polar surface area (TPSA) is 54.0 Å². The largest absolute Gasteiger partial charge is 0.372 e. The van der Waals surface area contributed by atoms with Crippen molar-refractivity contribution in [2.75, 3.05) is 18.9 Å². The van der Waals surface area contributed by atoms with Gasteiger partial charge in [0.25, 0.3) is 5.91 Å². The van der Waals surface area contributed by atoms with Crippen molar-refractivity contribution in [2.24, 2.45) is 5.92 Å². The lowest BCUT2D eigenvalue weighted by Crippen LogP contribution is -2.29. The molecule has 0 saturated carbocycles. The van der Waals surface area contributed by atoms with E-state index in [9.17, 15) is 9.18 Å². The van der Waals surface area contributed by atoms with Crippen LogP contribution in [-0.4, -0.2) is 24.5 Å². The van der Waals surface area contributed by atoms with Gasteiger partial charge in [0.2, 0.25) is 0 Å². The Morgan fingerprint density at radius 3 is 2.67 bits per heavy atom. The summed E-state index contributed by atoms with van der Waals surface area (Å²) in [6, 6.07) is 1.20. The molecule has 0 aliphatic heterocycles. The van der Waals surface area contributed by atoms with Crippen molar-refractivity contribution in [3.8, 4) is 0 Å². The van der Waals surface area contributed by atoms with Gasteiger partial charge in [0.15, 0.2) is 0 Å². The Morgan fingerprint density at radius 2 is 2.11 bits per heavy atom. The normalized spacial score (nSPS) is 10.5. The molecule has 0 unspecified atom stereocenters. The number of nitrogens with zero attached hydrogens (tertiary/aromatic N) is 1. The molecule has 0 atom stereocenters. The first-order chi connectivity index (χ1) is 8.62. The van der Waals surface area contributed by atoms with Crippen LogP contribution in [0.3, 0.4) is 0 Å². The van der Waals surface area contributed by atoms with E-state index in [2.05, 4.69) is 29.5 Å². The zero-order chi connectivity index (χ0) is 13.5. The lowest BCUT2D eigenvalue weighted by Gasteiger charge is -2.14. The number of carbonyl (C=O) groups excluding carboxylic acids is 1. The Bertz CT molecular complexity index is 405. The summed E-state index contributed by atoms with van der Waals surface area (Å²) in [7, 11) is 1.65. The zero-order valence-electron chi connectivity index (χ0n) is 11.1. The number of aromatic nitrogens is 1. The highest BCUT2D eigenvalue weighted by molar-refractivity contribution is 5.98. The summed E-state index contributed by atoms with van der Waals surface area (Å²) >= 11 is 0. The van der Waals surface area contributed by atoms with Crippen LogP contribution >= 0.6 is 0 Å². The van der Waals surface area contributed by atoms with Crippen LogP contribution in [0.1, 0.15) is 37.0 Å². The van der Waals surface area contributed by atoms with Gasteiger partial charge in [0.1, 0.15) is 11.6 Å². The van der Waals surface area contributed by atoms with Crippen LogP contribution in [0.15, 0.2) is 12.3 Å². The van der Waals surface area contributed by atoms with Gasteiger partial charge in [-0.1, -0.05) is 26.7 Å². The summed E-state index contributed by atoms with van der Waals surface area (Å²) in [5, 5.41) is 5.60. The molecule has 1 aromatic heterocycles. The third kappa shape index (κ3) is 3.68. The van der Waals surface area contributed by atoms with E-state index in [0.717, 1.165) is 19.0 Å². The van der Waals surface area contributed by atoms with Crippen LogP contribution in [0.5, 0.6) is 0 Å². The van der Waals surface area contributed by atoms with Crippen LogP contribution in [0.25, 0.3) is 0 Å². The molecule has 1 heterocycles. The average Bonchev–Trinajstić information content (AvgIpc) is 2.39. The fraction of sp³-hybridized carbons (Fsp3) is 0.538. The van der Waals surface area contributed by atoms with E-state index < -0.39 is 5.82 Å². The van der Waals surface area contributed by atoms with Crippen LogP contribution in [-0.2, 0) is 0 Å². The van der Waals surface area contributed by atoms with Crippen LogP contribution in [0.4, 0.5) is 10.2 Å². The van der Waals surface area contributed by atoms with Gasteiger partial charge in [-0.05, 0) is 12.0 Å². The average molecular weight is 253 g/mol. The summed E-state index contributed by atoms with van der Waals surface area (Å²) in [6.45, 7) is 4.78. The second-order valence-corrected chi connectivity index (χ2v) is 4.19. The van der Waals surface area contributed by atoms with Crippen LogP contribution in [0.2, 0.25) is 0 Å². The van der Waals surface area contributed by atoms with Gasteiger partial charge in [-0.3, -0.25) is 4.79 Å². The molecule has 1 aromatic rings. The number of halogens is 1. The first-order valence-electron chi connectivity index (χ1n) is 6.23. The smallest absolute Gasteiger partial charge is 0.255 e. The number of hydrogen-bond acceptors (Lipinski definition) is 3. The van der Waals surface area contributed by atoms with E-state index >= 15 is 0 Å². The SMILES string of the molecule is CCC(CC)CNC(=O)c1cc(F)cnc1NC. The highest BCUT2D eigenvalue weighted by atomic mass is 19.1. The molecule has 0 bridgehead atoms. The fourth-order valence-corrected chi connectivity index (χ4v) is 1.72. The number of pyridine rings is 1. The number of hydrogen-bond donors (Lipinski definition) is 2. The third-order valence-corrected chi connectivity index (χ3v) is 3.04. The summed E-state index contributed by atoms with van der Waals surface area (Å²) < 4.78 is 13.1. The second kappa shape index (κ2) is 6.93. The molecule has 0 aliphatic rings. The van der Waals surface area contributed by atoms with Gasteiger partial charge in [-0.15, -0.1) is 0 Å². The van der Waals surface area contributed by atoms with Crippen LogP contribution in [0, 0.1) is 11.7 Å². The predicted octanol–water partition coefficient (Wildman–Crippen LogP) is 2.43. The van der Waals surface area contributed by atoms with Crippen molar-refractivity contribution in [3.63, 3.8) is 0 Å². The maximum absolute atomic E-state index is 13.1. The second-order valence-electron chi connectivity index (χ2n) is 4.19. The summed E-state index contributed by atoms with van der Waals surface area (Å²) in [5.74, 6) is 0.0342. The van der Waals surface area contributed by atoms with Gasteiger partial charge in [0, 0.05) is 13.6 Å². The Balaban J connectivity index is 2.74. The molecule has 18 heavy (non-hydrogen) atoms. The molecule has 1 amide bonds. The highest BCUT2D eigenvalue weighted by Crippen LogP contribution is 2.13. The molecule has 4 nitrogen and oxygen atoms in total. The third-order valence-electron chi connectivity index (χ3n) is 3.04. The fourth-order valence-electron chi connectivity index (χ4n) is 1.72. The first-order valence-corrected chi connectivity index (χ1v) is 6.23. The zero-order valence-corrected chi connectivity index (χ0v) is 11.1. The van der Waals surface area contributed by atoms with Gasteiger partial charge in [-0.25, -0.2) is 9.37 Å². The summed E-state index contributed by atoms with van der Waals surface area (Å²) in [5.41, 5.74) is 0.239. The van der Waals surface area contributed by atoms with E-state index in [4.69, 9.17) is 0 Å². The molecular formula is C13H20FN3O. The lowest BCUT2D eigenvalue weighted by molar-refractivity contribution is 0.0946. The molecule has 2 N–H and O–H groups in total.